The van der Waals surface area contributed by atoms with Crippen molar-refractivity contribution in [1.82, 2.24) is 5.32 Å². The molecule has 0 radical (unpaired) electrons. The van der Waals surface area contributed by atoms with Crippen LogP contribution in [0.4, 0.5) is 4.39 Å². The minimum absolute atomic E-state index is 0.379. The number of rotatable bonds is 4. The van der Waals surface area contributed by atoms with Crippen LogP contribution in [-0.4, -0.2) is 17.6 Å². The molecule has 2 N–H and O–H groups in total. The molecule has 13 heavy (non-hydrogen) atoms. The molecule has 3 nitrogen and oxygen atoms in total. The summed E-state index contributed by atoms with van der Waals surface area (Å²) in [6.07, 6.45) is -1.42. The zero-order valence-electron chi connectivity index (χ0n) is 6.90. The van der Waals surface area contributed by atoms with Crippen LogP contribution >= 0.6 is 0 Å². The van der Waals surface area contributed by atoms with Gasteiger partial charge in [0, 0.05) is 5.56 Å². The number of benzene rings is 1. The lowest BCUT2D eigenvalue weighted by atomic mass is 10.2. The summed E-state index contributed by atoms with van der Waals surface area (Å²) in [7, 11) is 0. The van der Waals surface area contributed by atoms with Crippen LogP contribution < -0.4 is 5.32 Å². The number of carbonyl (C=O) groups is 1. The molecule has 1 unspecified atom stereocenters. The molecule has 1 rings (SSSR count). The first kappa shape index (κ1) is 9.67. The van der Waals surface area contributed by atoms with Crippen molar-refractivity contribution in [1.29, 1.82) is 0 Å². The van der Waals surface area contributed by atoms with Crippen molar-refractivity contribution in [3.05, 3.63) is 35.9 Å². The van der Waals surface area contributed by atoms with Gasteiger partial charge in [0.2, 0.25) is 0 Å². The van der Waals surface area contributed by atoms with Crippen LogP contribution in [0.5, 0.6) is 0 Å². The van der Waals surface area contributed by atoms with E-state index in [1.807, 2.05) is 0 Å². The van der Waals surface area contributed by atoms with E-state index < -0.39 is 12.3 Å². The van der Waals surface area contributed by atoms with Crippen molar-refractivity contribution in [3.63, 3.8) is 0 Å². The molecule has 1 aromatic rings. The van der Waals surface area contributed by atoms with E-state index in [0.29, 0.717) is 5.56 Å². The minimum Gasteiger partial charge on any atom is -0.480 e. The molecule has 0 aromatic heterocycles. The lowest BCUT2D eigenvalue weighted by Gasteiger charge is -2.07. The fourth-order valence-corrected chi connectivity index (χ4v) is 0.917. The van der Waals surface area contributed by atoms with Gasteiger partial charge < -0.3 is 5.11 Å². The summed E-state index contributed by atoms with van der Waals surface area (Å²) >= 11 is 0. The predicted octanol–water partition coefficient (Wildman–Crippen LogP) is 1.33. The second-order valence-corrected chi connectivity index (χ2v) is 2.55. The number of nitrogens with one attached hydrogen (secondary N) is 1. The van der Waals surface area contributed by atoms with Gasteiger partial charge in [0.05, 0.1) is 6.54 Å². The summed E-state index contributed by atoms with van der Waals surface area (Å²) < 4.78 is 13.1. The van der Waals surface area contributed by atoms with Crippen LogP contribution in [0.1, 0.15) is 11.9 Å². The molecule has 0 bridgehead atoms. The highest BCUT2D eigenvalue weighted by molar-refractivity contribution is 5.69. The topological polar surface area (TPSA) is 49.3 Å². The molecule has 0 aliphatic heterocycles. The zero-order valence-corrected chi connectivity index (χ0v) is 6.90. The first-order valence-electron chi connectivity index (χ1n) is 3.84. The first-order chi connectivity index (χ1) is 6.20. The Morgan fingerprint density at radius 1 is 1.46 bits per heavy atom. The number of hydrogen-bond acceptors (Lipinski definition) is 2. The van der Waals surface area contributed by atoms with Crippen LogP contribution in [0.3, 0.4) is 0 Å². The monoisotopic (exact) mass is 183 g/mol. The maximum atomic E-state index is 13.1. The fourth-order valence-electron chi connectivity index (χ4n) is 0.917. The fraction of sp³-hybridized carbons (Fsp3) is 0.222. The molecule has 1 atom stereocenters. The standard InChI is InChI=1S/C9H10FNO2/c10-9(11-6-8(12)13)7-4-2-1-3-5-7/h1-5,9,11H,6H2,(H,12,13). The molecule has 0 heterocycles. The Labute approximate surface area is 75.2 Å². The normalized spacial score (nSPS) is 12.4. The summed E-state index contributed by atoms with van der Waals surface area (Å²) in [5.41, 5.74) is 0.434. The van der Waals surface area contributed by atoms with Crippen molar-refractivity contribution in [2.24, 2.45) is 0 Å². The Morgan fingerprint density at radius 3 is 2.62 bits per heavy atom. The highest BCUT2D eigenvalue weighted by Gasteiger charge is 2.08. The second-order valence-electron chi connectivity index (χ2n) is 2.55. The van der Waals surface area contributed by atoms with Gasteiger partial charge in [-0.15, -0.1) is 0 Å². The third-order valence-electron chi connectivity index (χ3n) is 1.52. The van der Waals surface area contributed by atoms with Crippen LogP contribution in [0.25, 0.3) is 0 Å². The lowest BCUT2D eigenvalue weighted by molar-refractivity contribution is -0.136. The Bertz CT molecular complexity index is 276. The van der Waals surface area contributed by atoms with Gasteiger partial charge >= 0.3 is 5.97 Å². The van der Waals surface area contributed by atoms with E-state index in [1.54, 1.807) is 30.3 Å². The summed E-state index contributed by atoms with van der Waals surface area (Å²) in [5.74, 6) is -1.07. The quantitative estimate of drug-likeness (QED) is 0.692. The highest BCUT2D eigenvalue weighted by atomic mass is 19.1. The van der Waals surface area contributed by atoms with Crippen LogP contribution in [0, 0.1) is 0 Å². The maximum absolute atomic E-state index is 13.1. The van der Waals surface area contributed by atoms with E-state index in [0.717, 1.165) is 0 Å². The van der Waals surface area contributed by atoms with Crippen LogP contribution in [0.15, 0.2) is 30.3 Å². The minimum atomic E-state index is -1.42. The number of hydrogen-bond donors (Lipinski definition) is 2. The van der Waals surface area contributed by atoms with Crippen molar-refractivity contribution in [2.75, 3.05) is 6.54 Å². The number of halogens is 1. The average molecular weight is 183 g/mol. The van der Waals surface area contributed by atoms with Crippen LogP contribution in [-0.2, 0) is 4.79 Å². The van der Waals surface area contributed by atoms with Gasteiger partial charge in [-0.3, -0.25) is 10.1 Å². The SMILES string of the molecule is O=C(O)CNC(F)c1ccccc1. The van der Waals surface area contributed by atoms with Gasteiger partial charge in [0.1, 0.15) is 0 Å². The molecule has 1 aromatic carbocycles. The van der Waals surface area contributed by atoms with Gasteiger partial charge in [-0.1, -0.05) is 30.3 Å². The summed E-state index contributed by atoms with van der Waals surface area (Å²) in [6.45, 7) is -0.379. The molecule has 0 saturated heterocycles. The molecule has 0 spiro atoms. The molecule has 0 saturated carbocycles. The highest BCUT2D eigenvalue weighted by Crippen LogP contribution is 2.12. The molecule has 0 aliphatic rings. The van der Waals surface area contributed by atoms with E-state index in [-0.39, 0.29) is 6.54 Å². The van der Waals surface area contributed by atoms with Crippen molar-refractivity contribution < 1.29 is 14.3 Å². The average Bonchev–Trinajstić information content (AvgIpc) is 2.15. The van der Waals surface area contributed by atoms with E-state index in [4.69, 9.17) is 5.11 Å². The second kappa shape index (κ2) is 4.57. The summed E-state index contributed by atoms with van der Waals surface area (Å²) in [5, 5.41) is 10.5. The lowest BCUT2D eigenvalue weighted by Crippen LogP contribution is -2.24. The number of alkyl halides is 1. The van der Waals surface area contributed by atoms with Crippen molar-refractivity contribution in [3.8, 4) is 0 Å². The molecular formula is C9H10FNO2. The van der Waals surface area contributed by atoms with Gasteiger partial charge in [-0.2, -0.15) is 0 Å². The van der Waals surface area contributed by atoms with E-state index in [2.05, 4.69) is 5.32 Å². The van der Waals surface area contributed by atoms with E-state index in [9.17, 15) is 9.18 Å². The third-order valence-corrected chi connectivity index (χ3v) is 1.52. The molecule has 4 heteroatoms. The molecule has 70 valence electrons. The van der Waals surface area contributed by atoms with Gasteiger partial charge in [-0.05, 0) is 0 Å². The number of carboxylic acids is 1. The Morgan fingerprint density at radius 2 is 2.08 bits per heavy atom. The van der Waals surface area contributed by atoms with Crippen LogP contribution in [0.2, 0.25) is 0 Å². The predicted molar refractivity (Wildman–Crippen MR) is 45.9 cm³/mol. The largest absolute Gasteiger partial charge is 0.480 e. The molecule has 0 aliphatic carbocycles. The molecular weight excluding hydrogens is 173 g/mol. The number of carboxylic acid groups (broad SMARTS) is 1. The number of aliphatic carboxylic acids is 1. The first-order valence-corrected chi connectivity index (χ1v) is 3.84. The van der Waals surface area contributed by atoms with Gasteiger partial charge in [0.15, 0.2) is 6.30 Å². The maximum Gasteiger partial charge on any atom is 0.317 e. The molecule has 0 amide bonds. The van der Waals surface area contributed by atoms with E-state index >= 15 is 0 Å². The molecule has 0 fully saturated rings. The zero-order chi connectivity index (χ0) is 9.68. The van der Waals surface area contributed by atoms with Gasteiger partial charge in [-0.25, -0.2) is 4.39 Å². The summed E-state index contributed by atoms with van der Waals surface area (Å²) in [6, 6.07) is 8.36. The van der Waals surface area contributed by atoms with Crippen molar-refractivity contribution >= 4 is 5.97 Å². The third kappa shape index (κ3) is 3.21. The Balaban J connectivity index is 2.49. The van der Waals surface area contributed by atoms with Gasteiger partial charge in [0.25, 0.3) is 0 Å². The Kier molecular flexibility index (Phi) is 3.40. The Hall–Kier alpha value is -1.42. The van der Waals surface area contributed by atoms with E-state index in [1.165, 1.54) is 0 Å². The smallest absolute Gasteiger partial charge is 0.317 e. The summed E-state index contributed by atoms with van der Waals surface area (Å²) in [4.78, 5) is 10.1. The van der Waals surface area contributed by atoms with Crippen molar-refractivity contribution in [2.45, 2.75) is 6.30 Å².